The van der Waals surface area contributed by atoms with Crippen molar-refractivity contribution in [1.29, 1.82) is 0 Å². The van der Waals surface area contributed by atoms with Gasteiger partial charge in [0.2, 0.25) is 0 Å². The molecule has 0 aromatic heterocycles. The van der Waals surface area contributed by atoms with Crippen molar-refractivity contribution in [2.24, 2.45) is 0 Å². The Kier molecular flexibility index (Phi) is 3.66. The van der Waals surface area contributed by atoms with E-state index in [1.54, 1.807) is 0 Å². The van der Waals surface area contributed by atoms with Crippen molar-refractivity contribution in [3.63, 3.8) is 0 Å². The van der Waals surface area contributed by atoms with Crippen LogP contribution < -0.4 is 0 Å². The molecule has 1 aliphatic heterocycles. The molecular weight excluding hydrogens is 263 g/mol. The number of carbonyl (C=O) groups excluding carboxylic acids is 1. The standard InChI is InChI=1S/C12H12F3NO3/c13-12(14,15)10-4-2-1-3-8(10)5-16-9(6-17)7-19-11(16)18/h1-4,9,17H,5-7H2/t9-/m0/s1. The SMILES string of the molecule is O=C1OC[C@H](CO)N1Cc1ccccc1C(F)(F)F. The second-order valence-electron chi connectivity index (χ2n) is 4.20. The molecule has 1 aromatic rings. The van der Waals surface area contributed by atoms with E-state index in [0.29, 0.717) is 0 Å². The van der Waals surface area contributed by atoms with Crippen LogP contribution in [0.2, 0.25) is 0 Å². The van der Waals surface area contributed by atoms with Crippen LogP contribution in [0, 0.1) is 0 Å². The van der Waals surface area contributed by atoms with Gasteiger partial charge in [-0.1, -0.05) is 18.2 Å². The van der Waals surface area contributed by atoms with Gasteiger partial charge >= 0.3 is 12.3 Å². The largest absolute Gasteiger partial charge is 0.447 e. The number of benzene rings is 1. The molecule has 104 valence electrons. The lowest BCUT2D eigenvalue weighted by Gasteiger charge is -2.21. The fourth-order valence-electron chi connectivity index (χ4n) is 1.95. The number of alkyl halides is 3. The van der Waals surface area contributed by atoms with Crippen LogP contribution >= 0.6 is 0 Å². The zero-order valence-electron chi connectivity index (χ0n) is 9.85. The van der Waals surface area contributed by atoms with Crippen LogP contribution in [0.25, 0.3) is 0 Å². The molecular formula is C12H12F3NO3. The molecule has 1 aromatic carbocycles. The average molecular weight is 275 g/mol. The highest BCUT2D eigenvalue weighted by Gasteiger charge is 2.37. The maximum Gasteiger partial charge on any atom is 0.416 e. The molecule has 0 bridgehead atoms. The molecule has 0 unspecified atom stereocenters. The van der Waals surface area contributed by atoms with E-state index in [4.69, 9.17) is 9.84 Å². The van der Waals surface area contributed by atoms with Crippen LogP contribution in [0.1, 0.15) is 11.1 Å². The number of cyclic esters (lactones) is 1. The first-order chi connectivity index (χ1) is 8.93. The molecule has 0 saturated carbocycles. The molecule has 1 saturated heterocycles. The molecule has 1 aliphatic rings. The molecule has 4 nitrogen and oxygen atoms in total. The van der Waals surface area contributed by atoms with Crippen molar-refractivity contribution < 1.29 is 27.8 Å². The maximum absolute atomic E-state index is 12.8. The van der Waals surface area contributed by atoms with Gasteiger partial charge in [-0.25, -0.2) is 4.79 Å². The Bertz CT molecular complexity index is 476. The number of hydrogen-bond donors (Lipinski definition) is 1. The summed E-state index contributed by atoms with van der Waals surface area (Å²) < 4.78 is 43.2. The minimum absolute atomic E-state index is 0.0104. The number of carbonyl (C=O) groups is 1. The Morgan fingerprint density at radius 3 is 2.68 bits per heavy atom. The monoisotopic (exact) mass is 275 g/mol. The quantitative estimate of drug-likeness (QED) is 0.918. The first-order valence-corrected chi connectivity index (χ1v) is 5.63. The number of nitrogens with zero attached hydrogens (tertiary/aromatic N) is 1. The summed E-state index contributed by atoms with van der Waals surface area (Å²) in [5.74, 6) is 0. The Balaban J connectivity index is 2.26. The zero-order valence-corrected chi connectivity index (χ0v) is 9.85. The van der Waals surface area contributed by atoms with E-state index in [1.165, 1.54) is 18.2 Å². The lowest BCUT2D eigenvalue weighted by molar-refractivity contribution is -0.138. The van der Waals surface area contributed by atoms with E-state index >= 15 is 0 Å². The lowest BCUT2D eigenvalue weighted by atomic mass is 10.1. The van der Waals surface area contributed by atoms with Gasteiger partial charge in [0.1, 0.15) is 6.61 Å². The van der Waals surface area contributed by atoms with E-state index in [2.05, 4.69) is 0 Å². The Hall–Kier alpha value is -1.76. The van der Waals surface area contributed by atoms with Crippen molar-refractivity contribution in [3.8, 4) is 0 Å². The number of aliphatic hydroxyl groups excluding tert-OH is 1. The summed E-state index contributed by atoms with van der Waals surface area (Å²) in [6, 6.07) is 4.43. The number of amides is 1. The van der Waals surface area contributed by atoms with Crippen molar-refractivity contribution in [2.75, 3.05) is 13.2 Å². The molecule has 0 spiro atoms. The van der Waals surface area contributed by atoms with Crippen LogP contribution in [-0.2, 0) is 17.5 Å². The third-order valence-electron chi connectivity index (χ3n) is 2.95. The minimum Gasteiger partial charge on any atom is -0.447 e. The fourth-order valence-corrected chi connectivity index (χ4v) is 1.95. The molecule has 1 heterocycles. The molecule has 0 aliphatic carbocycles. The Labute approximate surface area is 107 Å². The van der Waals surface area contributed by atoms with E-state index in [-0.39, 0.29) is 25.3 Å². The van der Waals surface area contributed by atoms with Gasteiger partial charge in [-0.15, -0.1) is 0 Å². The molecule has 19 heavy (non-hydrogen) atoms. The van der Waals surface area contributed by atoms with E-state index in [9.17, 15) is 18.0 Å². The Morgan fingerprint density at radius 2 is 2.05 bits per heavy atom. The van der Waals surface area contributed by atoms with E-state index < -0.39 is 23.9 Å². The number of hydrogen-bond acceptors (Lipinski definition) is 3. The highest BCUT2D eigenvalue weighted by Crippen LogP contribution is 2.33. The summed E-state index contributed by atoms with van der Waals surface area (Å²) >= 11 is 0. The summed E-state index contributed by atoms with van der Waals surface area (Å²) in [6.45, 7) is -0.594. The van der Waals surface area contributed by atoms with Gasteiger partial charge in [0.15, 0.2) is 0 Å². The van der Waals surface area contributed by atoms with Gasteiger partial charge in [0, 0.05) is 0 Å². The molecule has 1 atom stereocenters. The zero-order chi connectivity index (χ0) is 14.0. The third kappa shape index (κ3) is 2.81. The van der Waals surface area contributed by atoms with E-state index in [1.807, 2.05) is 0 Å². The number of rotatable bonds is 3. The summed E-state index contributed by atoms with van der Waals surface area (Å²) in [6.07, 6.45) is -5.19. The van der Waals surface area contributed by atoms with Crippen molar-refractivity contribution in [2.45, 2.75) is 18.8 Å². The second kappa shape index (κ2) is 5.08. The first kappa shape index (κ1) is 13.7. The average Bonchev–Trinajstić information content (AvgIpc) is 2.70. The van der Waals surface area contributed by atoms with Crippen LogP contribution in [0.5, 0.6) is 0 Å². The fraction of sp³-hybridized carbons (Fsp3) is 0.417. The predicted molar refractivity (Wildman–Crippen MR) is 59.2 cm³/mol. The molecule has 7 heteroatoms. The predicted octanol–water partition coefficient (Wildman–Crippen LogP) is 2.02. The van der Waals surface area contributed by atoms with Crippen LogP contribution in [-0.4, -0.2) is 35.4 Å². The highest BCUT2D eigenvalue weighted by molar-refractivity contribution is 5.70. The summed E-state index contributed by atoms with van der Waals surface area (Å²) in [5.41, 5.74) is -0.807. The number of halogens is 3. The van der Waals surface area contributed by atoms with E-state index in [0.717, 1.165) is 11.0 Å². The van der Waals surface area contributed by atoms with Crippen molar-refractivity contribution >= 4 is 6.09 Å². The summed E-state index contributed by atoms with van der Waals surface area (Å²) in [5, 5.41) is 9.07. The molecule has 1 N–H and O–H groups in total. The summed E-state index contributed by atoms with van der Waals surface area (Å²) in [7, 11) is 0. The summed E-state index contributed by atoms with van der Waals surface area (Å²) in [4.78, 5) is 12.5. The van der Waals surface area contributed by atoms with Gasteiger partial charge in [-0.2, -0.15) is 13.2 Å². The van der Waals surface area contributed by atoms with Gasteiger partial charge in [0.25, 0.3) is 0 Å². The maximum atomic E-state index is 12.8. The van der Waals surface area contributed by atoms with Crippen molar-refractivity contribution in [3.05, 3.63) is 35.4 Å². The van der Waals surface area contributed by atoms with Crippen LogP contribution in [0.15, 0.2) is 24.3 Å². The molecule has 0 radical (unpaired) electrons. The van der Waals surface area contributed by atoms with Crippen molar-refractivity contribution in [1.82, 2.24) is 4.90 Å². The van der Waals surface area contributed by atoms with Gasteiger partial charge in [-0.05, 0) is 11.6 Å². The topological polar surface area (TPSA) is 49.8 Å². The van der Waals surface area contributed by atoms with Gasteiger partial charge in [-0.3, -0.25) is 4.90 Å². The number of aliphatic hydroxyl groups is 1. The highest BCUT2D eigenvalue weighted by atomic mass is 19.4. The first-order valence-electron chi connectivity index (χ1n) is 5.63. The lowest BCUT2D eigenvalue weighted by Crippen LogP contribution is -2.36. The van der Waals surface area contributed by atoms with Crippen LogP contribution in [0.3, 0.4) is 0 Å². The van der Waals surface area contributed by atoms with Gasteiger partial charge < -0.3 is 9.84 Å². The third-order valence-corrected chi connectivity index (χ3v) is 2.95. The Morgan fingerprint density at radius 1 is 1.37 bits per heavy atom. The molecule has 1 fully saturated rings. The number of ether oxygens (including phenoxy) is 1. The normalized spacial score (nSPS) is 19.7. The van der Waals surface area contributed by atoms with Crippen LogP contribution in [0.4, 0.5) is 18.0 Å². The smallest absolute Gasteiger partial charge is 0.416 e. The molecule has 2 rings (SSSR count). The second-order valence-corrected chi connectivity index (χ2v) is 4.20. The molecule has 1 amide bonds. The minimum atomic E-state index is -4.48. The van der Waals surface area contributed by atoms with Gasteiger partial charge in [0.05, 0.1) is 24.8 Å².